The van der Waals surface area contributed by atoms with Gasteiger partial charge in [-0.2, -0.15) is 0 Å². The molecule has 0 aromatic heterocycles. The Morgan fingerprint density at radius 2 is 1.93 bits per heavy atom. The normalized spacial score (nSPS) is 27.4. The van der Waals surface area contributed by atoms with Crippen LogP contribution < -0.4 is 5.73 Å². The molecule has 1 heterocycles. The van der Waals surface area contributed by atoms with Gasteiger partial charge in [0.25, 0.3) is 0 Å². The van der Waals surface area contributed by atoms with Crippen molar-refractivity contribution in [3.63, 3.8) is 0 Å². The van der Waals surface area contributed by atoms with E-state index in [-0.39, 0.29) is 0 Å². The van der Waals surface area contributed by atoms with Crippen molar-refractivity contribution in [1.29, 1.82) is 0 Å². The summed E-state index contributed by atoms with van der Waals surface area (Å²) in [5, 5.41) is 0. The second-order valence-corrected chi connectivity index (χ2v) is 5.46. The van der Waals surface area contributed by atoms with Gasteiger partial charge in [-0.05, 0) is 37.9 Å². The zero-order valence-corrected chi connectivity index (χ0v) is 10.6. The van der Waals surface area contributed by atoms with E-state index in [0.29, 0.717) is 5.41 Å². The Morgan fingerprint density at radius 3 is 2.53 bits per heavy atom. The van der Waals surface area contributed by atoms with Crippen LogP contribution in [0.25, 0.3) is 0 Å². The average Bonchev–Trinajstić information content (AvgIpc) is 2.61. The highest BCUT2D eigenvalue weighted by Crippen LogP contribution is 2.28. The molecule has 1 fully saturated rings. The Bertz CT molecular complexity index is 170. The lowest BCUT2D eigenvalue weighted by Crippen LogP contribution is -2.31. The minimum absolute atomic E-state index is 0.406. The summed E-state index contributed by atoms with van der Waals surface area (Å²) >= 11 is 0. The van der Waals surface area contributed by atoms with E-state index in [1.165, 1.54) is 58.2 Å². The van der Waals surface area contributed by atoms with Crippen molar-refractivity contribution in [1.82, 2.24) is 4.90 Å². The van der Waals surface area contributed by atoms with Gasteiger partial charge < -0.3 is 10.6 Å². The zero-order valence-electron chi connectivity index (χ0n) is 10.6. The van der Waals surface area contributed by atoms with Crippen LogP contribution in [-0.2, 0) is 0 Å². The van der Waals surface area contributed by atoms with Gasteiger partial charge in [-0.25, -0.2) is 0 Å². The highest BCUT2D eigenvalue weighted by molar-refractivity contribution is 4.86. The number of hydrogen-bond acceptors (Lipinski definition) is 2. The van der Waals surface area contributed by atoms with Crippen molar-refractivity contribution < 1.29 is 0 Å². The monoisotopic (exact) mass is 212 g/mol. The maximum atomic E-state index is 5.80. The molecule has 0 saturated carbocycles. The van der Waals surface area contributed by atoms with Crippen molar-refractivity contribution in [3.05, 3.63) is 0 Å². The van der Waals surface area contributed by atoms with Gasteiger partial charge in [-0.15, -0.1) is 0 Å². The lowest BCUT2D eigenvalue weighted by atomic mass is 9.90. The van der Waals surface area contributed by atoms with Crippen LogP contribution in [0.15, 0.2) is 0 Å². The van der Waals surface area contributed by atoms with Crippen molar-refractivity contribution in [2.24, 2.45) is 11.1 Å². The second-order valence-electron chi connectivity index (χ2n) is 5.46. The van der Waals surface area contributed by atoms with Gasteiger partial charge in [0.05, 0.1) is 0 Å². The van der Waals surface area contributed by atoms with Crippen LogP contribution in [0.3, 0.4) is 0 Å². The summed E-state index contributed by atoms with van der Waals surface area (Å²) in [4.78, 5) is 2.60. The molecule has 1 unspecified atom stereocenters. The molecular weight excluding hydrogens is 184 g/mol. The van der Waals surface area contributed by atoms with Crippen molar-refractivity contribution >= 4 is 0 Å². The van der Waals surface area contributed by atoms with Gasteiger partial charge in [0.15, 0.2) is 0 Å². The predicted octanol–water partition coefficient (Wildman–Crippen LogP) is 2.63. The fourth-order valence-corrected chi connectivity index (χ4v) is 2.42. The SMILES string of the molecule is CCCCCCCN1CCC(C)(CN)C1. The molecule has 1 aliphatic rings. The minimum Gasteiger partial charge on any atom is -0.330 e. The van der Waals surface area contributed by atoms with E-state index < -0.39 is 0 Å². The molecular formula is C13H28N2. The van der Waals surface area contributed by atoms with Crippen molar-refractivity contribution in [2.75, 3.05) is 26.2 Å². The first-order valence-corrected chi connectivity index (χ1v) is 6.62. The largest absolute Gasteiger partial charge is 0.330 e. The summed E-state index contributed by atoms with van der Waals surface area (Å²) in [5.41, 5.74) is 6.20. The molecule has 0 aromatic rings. The van der Waals surface area contributed by atoms with Crippen LogP contribution in [0.5, 0.6) is 0 Å². The second kappa shape index (κ2) is 6.49. The number of hydrogen-bond donors (Lipinski definition) is 1. The van der Waals surface area contributed by atoms with E-state index >= 15 is 0 Å². The topological polar surface area (TPSA) is 29.3 Å². The van der Waals surface area contributed by atoms with Crippen LogP contribution in [0.4, 0.5) is 0 Å². The molecule has 1 aliphatic heterocycles. The van der Waals surface area contributed by atoms with Gasteiger partial charge in [-0.3, -0.25) is 0 Å². The maximum absolute atomic E-state index is 5.80. The van der Waals surface area contributed by atoms with E-state index in [0.717, 1.165) is 6.54 Å². The van der Waals surface area contributed by atoms with Crippen LogP contribution in [-0.4, -0.2) is 31.1 Å². The third-order valence-corrected chi connectivity index (χ3v) is 3.71. The van der Waals surface area contributed by atoms with Gasteiger partial charge in [0.2, 0.25) is 0 Å². The third kappa shape index (κ3) is 4.52. The van der Waals surface area contributed by atoms with E-state index in [2.05, 4.69) is 18.7 Å². The maximum Gasteiger partial charge on any atom is 0.00479 e. The minimum atomic E-state index is 0.406. The number of unbranched alkanes of at least 4 members (excludes halogenated alkanes) is 4. The van der Waals surface area contributed by atoms with E-state index in [1.54, 1.807) is 0 Å². The molecule has 2 nitrogen and oxygen atoms in total. The average molecular weight is 212 g/mol. The summed E-state index contributed by atoms with van der Waals surface area (Å²) in [6.45, 7) is 9.22. The molecule has 1 rings (SSSR count). The highest BCUT2D eigenvalue weighted by Gasteiger charge is 2.31. The summed E-state index contributed by atoms with van der Waals surface area (Å²) in [7, 11) is 0. The van der Waals surface area contributed by atoms with Crippen LogP contribution in [0.1, 0.15) is 52.4 Å². The number of nitrogens with two attached hydrogens (primary N) is 1. The lowest BCUT2D eigenvalue weighted by molar-refractivity contribution is 0.275. The van der Waals surface area contributed by atoms with Crippen LogP contribution in [0.2, 0.25) is 0 Å². The summed E-state index contributed by atoms with van der Waals surface area (Å²) in [6.07, 6.45) is 8.23. The first-order chi connectivity index (χ1) is 7.20. The fraction of sp³-hybridized carbons (Fsp3) is 1.00. The molecule has 0 spiro atoms. The van der Waals surface area contributed by atoms with Crippen molar-refractivity contribution in [3.8, 4) is 0 Å². The highest BCUT2D eigenvalue weighted by atomic mass is 15.2. The Balaban J connectivity index is 2.04. The third-order valence-electron chi connectivity index (χ3n) is 3.71. The quantitative estimate of drug-likeness (QED) is 0.657. The van der Waals surface area contributed by atoms with Crippen molar-refractivity contribution in [2.45, 2.75) is 52.4 Å². The van der Waals surface area contributed by atoms with Gasteiger partial charge >= 0.3 is 0 Å². The fourth-order valence-electron chi connectivity index (χ4n) is 2.42. The number of likely N-dealkylation sites (tertiary alicyclic amines) is 1. The first-order valence-electron chi connectivity index (χ1n) is 6.62. The van der Waals surface area contributed by atoms with Crippen LogP contribution in [0, 0.1) is 5.41 Å². The number of nitrogens with zero attached hydrogens (tertiary/aromatic N) is 1. The Hall–Kier alpha value is -0.0800. The van der Waals surface area contributed by atoms with Gasteiger partial charge in [0, 0.05) is 6.54 Å². The Labute approximate surface area is 95.2 Å². The molecule has 0 bridgehead atoms. The number of rotatable bonds is 7. The summed E-state index contributed by atoms with van der Waals surface area (Å²) in [6, 6.07) is 0. The molecule has 0 aliphatic carbocycles. The molecule has 90 valence electrons. The summed E-state index contributed by atoms with van der Waals surface area (Å²) in [5.74, 6) is 0. The smallest absolute Gasteiger partial charge is 0.00479 e. The standard InChI is InChI=1S/C13H28N2/c1-3-4-5-6-7-9-15-10-8-13(2,11-14)12-15/h3-12,14H2,1-2H3. The molecule has 2 heteroatoms. The molecule has 0 amide bonds. The van der Waals surface area contributed by atoms with E-state index in [4.69, 9.17) is 5.73 Å². The molecule has 1 saturated heterocycles. The zero-order chi connectivity index (χ0) is 11.1. The summed E-state index contributed by atoms with van der Waals surface area (Å²) < 4.78 is 0. The van der Waals surface area contributed by atoms with Crippen LogP contribution >= 0.6 is 0 Å². The molecule has 15 heavy (non-hydrogen) atoms. The first kappa shape index (κ1) is 13.0. The predicted molar refractivity (Wildman–Crippen MR) is 67.0 cm³/mol. The van der Waals surface area contributed by atoms with E-state index in [1.807, 2.05) is 0 Å². The molecule has 0 radical (unpaired) electrons. The molecule has 2 N–H and O–H groups in total. The Morgan fingerprint density at radius 1 is 1.20 bits per heavy atom. The van der Waals surface area contributed by atoms with Gasteiger partial charge in [-0.1, -0.05) is 39.5 Å². The Kier molecular flexibility index (Phi) is 5.62. The molecule has 0 aromatic carbocycles. The molecule has 1 atom stereocenters. The lowest BCUT2D eigenvalue weighted by Gasteiger charge is -2.22. The van der Waals surface area contributed by atoms with Gasteiger partial charge in [0.1, 0.15) is 0 Å². The van der Waals surface area contributed by atoms with E-state index in [9.17, 15) is 0 Å².